The summed E-state index contributed by atoms with van der Waals surface area (Å²) in [7, 11) is 0. The van der Waals surface area contributed by atoms with Gasteiger partial charge in [0, 0.05) is 23.3 Å². The predicted molar refractivity (Wildman–Crippen MR) is 98.8 cm³/mol. The maximum Gasteiger partial charge on any atom is 0.336 e. The van der Waals surface area contributed by atoms with Gasteiger partial charge >= 0.3 is 11.9 Å². The predicted octanol–water partition coefficient (Wildman–Crippen LogP) is 3.89. The fraction of sp³-hybridized carbons (Fsp3) is 0.0909. The van der Waals surface area contributed by atoms with E-state index in [2.05, 4.69) is 0 Å². The van der Waals surface area contributed by atoms with Crippen LogP contribution < -0.4 is 9.47 Å². The molecule has 0 heterocycles. The minimum absolute atomic E-state index is 0.491. The van der Waals surface area contributed by atoms with Crippen molar-refractivity contribution in [1.29, 1.82) is 0 Å². The first-order valence-electron chi connectivity index (χ1n) is 8.39. The van der Waals surface area contributed by atoms with Gasteiger partial charge in [0.25, 0.3) is 0 Å². The lowest BCUT2D eigenvalue weighted by molar-refractivity contribution is -0.131. The first-order valence-corrected chi connectivity index (χ1v) is 8.39. The van der Waals surface area contributed by atoms with Crippen LogP contribution in [0.4, 0.5) is 0 Å². The van der Waals surface area contributed by atoms with Crippen LogP contribution in [0.25, 0.3) is 12.2 Å². The Bertz CT molecular complexity index is 900. The van der Waals surface area contributed by atoms with Gasteiger partial charge in [-0.05, 0) is 36.1 Å². The molecule has 0 radical (unpaired) electrons. The summed E-state index contributed by atoms with van der Waals surface area (Å²) >= 11 is 0. The molecule has 2 aromatic rings. The molecule has 128 valence electrons. The van der Waals surface area contributed by atoms with Crippen LogP contribution in [0, 0.1) is 0 Å². The smallest absolute Gasteiger partial charge is 0.336 e. The quantitative estimate of drug-likeness (QED) is 0.480. The van der Waals surface area contributed by atoms with Crippen molar-refractivity contribution in [3.05, 3.63) is 83.0 Å². The van der Waals surface area contributed by atoms with Gasteiger partial charge in [0.05, 0.1) is 0 Å². The largest absolute Gasteiger partial charge is 0.423 e. The maximum absolute atomic E-state index is 12.0. The van der Waals surface area contributed by atoms with Gasteiger partial charge in [0.15, 0.2) is 0 Å². The third-order valence-corrected chi connectivity index (χ3v) is 4.33. The van der Waals surface area contributed by atoms with Crippen LogP contribution in [-0.2, 0) is 22.4 Å². The van der Waals surface area contributed by atoms with E-state index in [0.717, 1.165) is 47.2 Å². The summed E-state index contributed by atoms with van der Waals surface area (Å²) in [5.41, 5.74) is 4.04. The SMILES string of the molecule is O=C(/C=C\C(=O)Oc1cccc2c1C=CC2)Oc1cccc2c1C=CC2. The minimum Gasteiger partial charge on any atom is -0.423 e. The molecule has 0 N–H and O–H groups in total. The van der Waals surface area contributed by atoms with Crippen LogP contribution in [0.2, 0.25) is 0 Å². The van der Waals surface area contributed by atoms with Crippen LogP contribution in [0.5, 0.6) is 11.5 Å². The molecule has 26 heavy (non-hydrogen) atoms. The van der Waals surface area contributed by atoms with E-state index in [0.29, 0.717) is 11.5 Å². The standard InChI is InChI=1S/C22H16O4/c23-21(25-19-11-3-7-15-5-1-9-17(15)19)13-14-22(24)26-20-12-4-8-16-6-2-10-18(16)20/h1-4,7-14H,5-6H2/b14-13-. The van der Waals surface area contributed by atoms with Crippen LogP contribution in [0.15, 0.2) is 60.7 Å². The van der Waals surface area contributed by atoms with E-state index in [1.54, 1.807) is 12.1 Å². The molecule has 0 fully saturated rings. The second kappa shape index (κ2) is 6.84. The van der Waals surface area contributed by atoms with Gasteiger partial charge < -0.3 is 9.47 Å². The van der Waals surface area contributed by atoms with Gasteiger partial charge in [-0.1, -0.05) is 48.6 Å². The first-order chi connectivity index (χ1) is 12.7. The Balaban J connectivity index is 1.41. The number of carbonyl (C=O) groups excluding carboxylic acids is 2. The van der Waals surface area contributed by atoms with Crippen molar-refractivity contribution < 1.29 is 19.1 Å². The normalized spacial score (nSPS) is 13.7. The second-order valence-corrected chi connectivity index (χ2v) is 6.05. The van der Waals surface area contributed by atoms with E-state index >= 15 is 0 Å². The van der Waals surface area contributed by atoms with Crippen LogP contribution in [-0.4, -0.2) is 11.9 Å². The lowest BCUT2D eigenvalue weighted by Crippen LogP contribution is -2.09. The van der Waals surface area contributed by atoms with Crippen molar-refractivity contribution in [2.45, 2.75) is 12.8 Å². The molecule has 0 bridgehead atoms. The Hall–Kier alpha value is -3.40. The average Bonchev–Trinajstić information content (AvgIpc) is 3.30. The maximum atomic E-state index is 12.0. The number of ether oxygens (including phenoxy) is 2. The zero-order chi connectivity index (χ0) is 17.9. The highest BCUT2D eigenvalue weighted by Crippen LogP contribution is 2.30. The summed E-state index contributed by atoms with van der Waals surface area (Å²) in [4.78, 5) is 24.0. The lowest BCUT2D eigenvalue weighted by atomic mass is 10.1. The summed E-state index contributed by atoms with van der Waals surface area (Å²) in [6.07, 6.45) is 11.7. The summed E-state index contributed by atoms with van der Waals surface area (Å²) < 4.78 is 10.7. The topological polar surface area (TPSA) is 52.6 Å². The summed E-state index contributed by atoms with van der Waals surface area (Å²) in [5.74, 6) is -0.252. The Labute approximate surface area is 151 Å². The molecule has 0 aromatic heterocycles. The highest BCUT2D eigenvalue weighted by Gasteiger charge is 2.14. The molecule has 2 aliphatic carbocycles. The Morgan fingerprint density at radius 1 is 0.731 bits per heavy atom. The van der Waals surface area contributed by atoms with E-state index < -0.39 is 11.9 Å². The van der Waals surface area contributed by atoms with Crippen molar-refractivity contribution in [1.82, 2.24) is 0 Å². The minimum atomic E-state index is -0.617. The molecule has 0 unspecified atom stereocenters. The fourth-order valence-electron chi connectivity index (χ4n) is 3.12. The molecule has 0 spiro atoms. The number of carbonyl (C=O) groups is 2. The molecule has 0 saturated carbocycles. The number of allylic oxidation sites excluding steroid dienone is 2. The molecular formula is C22H16O4. The van der Waals surface area contributed by atoms with Crippen LogP contribution in [0.3, 0.4) is 0 Å². The van der Waals surface area contributed by atoms with E-state index in [1.165, 1.54) is 0 Å². The molecular weight excluding hydrogens is 328 g/mol. The first kappa shape index (κ1) is 16.1. The Morgan fingerprint density at radius 3 is 1.65 bits per heavy atom. The van der Waals surface area contributed by atoms with Gasteiger partial charge in [-0.3, -0.25) is 0 Å². The molecule has 4 rings (SSSR count). The molecule has 4 heteroatoms. The van der Waals surface area contributed by atoms with Gasteiger partial charge in [-0.25, -0.2) is 9.59 Å². The fourth-order valence-corrected chi connectivity index (χ4v) is 3.12. The highest BCUT2D eigenvalue weighted by atomic mass is 16.5. The zero-order valence-electron chi connectivity index (χ0n) is 14.0. The van der Waals surface area contributed by atoms with E-state index in [4.69, 9.17) is 9.47 Å². The van der Waals surface area contributed by atoms with E-state index in [9.17, 15) is 9.59 Å². The van der Waals surface area contributed by atoms with Crippen LogP contribution in [0.1, 0.15) is 22.3 Å². The van der Waals surface area contributed by atoms with E-state index in [1.807, 2.05) is 48.6 Å². The van der Waals surface area contributed by atoms with Crippen LogP contribution >= 0.6 is 0 Å². The van der Waals surface area contributed by atoms with Crippen molar-refractivity contribution in [3.8, 4) is 11.5 Å². The number of fused-ring (bicyclic) bond motifs is 2. The number of hydrogen-bond acceptors (Lipinski definition) is 4. The molecule has 4 nitrogen and oxygen atoms in total. The number of esters is 2. The number of rotatable bonds is 4. The van der Waals surface area contributed by atoms with Crippen molar-refractivity contribution in [2.75, 3.05) is 0 Å². The Morgan fingerprint density at radius 2 is 1.19 bits per heavy atom. The van der Waals surface area contributed by atoms with Crippen molar-refractivity contribution >= 4 is 24.1 Å². The number of benzene rings is 2. The molecule has 0 saturated heterocycles. The highest BCUT2D eigenvalue weighted by molar-refractivity contribution is 5.94. The van der Waals surface area contributed by atoms with Gasteiger partial charge in [-0.15, -0.1) is 0 Å². The van der Waals surface area contributed by atoms with Crippen molar-refractivity contribution in [3.63, 3.8) is 0 Å². The second-order valence-electron chi connectivity index (χ2n) is 6.05. The molecule has 2 aromatic carbocycles. The summed E-state index contributed by atoms with van der Waals surface area (Å²) in [6.45, 7) is 0. The molecule has 0 aliphatic heterocycles. The zero-order valence-corrected chi connectivity index (χ0v) is 14.0. The molecule has 0 atom stereocenters. The summed E-state index contributed by atoms with van der Waals surface area (Å²) in [5, 5.41) is 0. The monoisotopic (exact) mass is 344 g/mol. The average molecular weight is 344 g/mol. The van der Waals surface area contributed by atoms with Gasteiger partial charge in [0.2, 0.25) is 0 Å². The number of hydrogen-bond donors (Lipinski definition) is 0. The van der Waals surface area contributed by atoms with Crippen molar-refractivity contribution in [2.24, 2.45) is 0 Å². The summed E-state index contributed by atoms with van der Waals surface area (Å²) in [6, 6.07) is 11.1. The molecule has 2 aliphatic rings. The third-order valence-electron chi connectivity index (χ3n) is 4.33. The third kappa shape index (κ3) is 3.22. The van der Waals surface area contributed by atoms with E-state index in [-0.39, 0.29) is 0 Å². The van der Waals surface area contributed by atoms with Gasteiger partial charge in [0.1, 0.15) is 11.5 Å². The Kier molecular flexibility index (Phi) is 4.23. The molecule has 0 amide bonds. The van der Waals surface area contributed by atoms with Gasteiger partial charge in [-0.2, -0.15) is 0 Å². The lowest BCUT2D eigenvalue weighted by Gasteiger charge is -2.07.